The Hall–Kier alpha value is -5.22. The third-order valence-corrected chi connectivity index (χ3v) is 12.1. The van der Waals surface area contributed by atoms with E-state index in [2.05, 4.69) is 178 Å². The van der Waals surface area contributed by atoms with Crippen molar-refractivity contribution in [2.75, 3.05) is 0 Å². The van der Waals surface area contributed by atoms with E-state index in [1.807, 2.05) is 6.07 Å². The van der Waals surface area contributed by atoms with Crippen LogP contribution in [0.15, 0.2) is 103 Å². The summed E-state index contributed by atoms with van der Waals surface area (Å²) in [5, 5.41) is 4.55. The molecule has 8 rings (SSSR count). The van der Waals surface area contributed by atoms with Gasteiger partial charge in [0.1, 0.15) is 11.6 Å². The van der Waals surface area contributed by atoms with Gasteiger partial charge in [-0.3, -0.25) is 0 Å². The zero-order chi connectivity index (χ0) is 41.1. The highest BCUT2D eigenvalue weighted by Gasteiger charge is 2.28. The van der Waals surface area contributed by atoms with Gasteiger partial charge >= 0.3 is 0 Å². The van der Waals surface area contributed by atoms with E-state index < -0.39 is 11.6 Å². The third-order valence-electron chi connectivity index (χ3n) is 12.1. The predicted molar refractivity (Wildman–Crippen MR) is 240 cm³/mol. The molecule has 2 heterocycles. The van der Waals surface area contributed by atoms with E-state index in [1.54, 1.807) is 0 Å². The normalized spacial score (nSPS) is 13.2. The van der Waals surface area contributed by atoms with Gasteiger partial charge in [-0.15, -0.1) is 0 Å². The van der Waals surface area contributed by atoms with Gasteiger partial charge in [0.25, 0.3) is 0 Å². The molecule has 0 aliphatic rings. The van der Waals surface area contributed by atoms with Crippen molar-refractivity contribution in [2.45, 2.75) is 112 Å². The zero-order valence-electron chi connectivity index (χ0n) is 36.0. The summed E-state index contributed by atoms with van der Waals surface area (Å²) in [6.45, 7) is 29.0. The van der Waals surface area contributed by atoms with Gasteiger partial charge in [0.05, 0.1) is 39.0 Å². The highest BCUT2D eigenvalue weighted by molar-refractivity contribution is 6.12. The van der Waals surface area contributed by atoms with Crippen LogP contribution < -0.4 is 0 Å². The van der Waals surface area contributed by atoms with Gasteiger partial charge in [-0.25, -0.2) is 8.78 Å². The largest absolute Gasteiger partial charge is 0.309 e. The zero-order valence-corrected chi connectivity index (χ0v) is 36.0. The molecule has 4 heteroatoms. The fourth-order valence-electron chi connectivity index (χ4n) is 8.58. The first kappa shape index (κ1) is 38.6. The van der Waals surface area contributed by atoms with Gasteiger partial charge in [-0.05, 0) is 105 Å². The molecule has 0 atom stereocenters. The maximum absolute atomic E-state index is 16.2. The Kier molecular flexibility index (Phi) is 8.74. The lowest BCUT2D eigenvalue weighted by Crippen LogP contribution is -2.12. The average molecular weight is 759 g/mol. The molecule has 6 aromatic carbocycles. The van der Waals surface area contributed by atoms with E-state index in [1.165, 1.54) is 51.2 Å². The van der Waals surface area contributed by atoms with E-state index in [0.29, 0.717) is 5.56 Å². The van der Waals surface area contributed by atoms with E-state index >= 15 is 8.78 Å². The fourth-order valence-corrected chi connectivity index (χ4v) is 8.58. The van der Waals surface area contributed by atoms with Crippen molar-refractivity contribution in [3.63, 3.8) is 0 Å². The van der Waals surface area contributed by atoms with Gasteiger partial charge in [0, 0.05) is 27.1 Å². The van der Waals surface area contributed by atoms with Crippen LogP contribution in [0.25, 0.3) is 66.1 Å². The van der Waals surface area contributed by atoms with E-state index in [0.717, 1.165) is 49.8 Å². The van der Waals surface area contributed by atoms with Crippen LogP contribution >= 0.6 is 0 Å². The SMILES string of the molecule is Cc1c(-n2c3cc(C(C)(C)C)ccc3c3ccc(C(C)(C)C)cc32)ccc(-c2c(F)cccc2F)c1-n1c2cc(C(C)(C)C)ccc2c2ccc(C(C)(C)C)cc21. The molecule has 8 aromatic rings. The van der Waals surface area contributed by atoms with Crippen molar-refractivity contribution >= 4 is 43.6 Å². The lowest BCUT2D eigenvalue weighted by Gasteiger charge is -2.24. The smallest absolute Gasteiger partial charge is 0.134 e. The number of benzene rings is 6. The molecule has 0 fully saturated rings. The fraction of sp³-hybridized carbons (Fsp3) is 0.321. The molecule has 0 amide bonds. The Labute approximate surface area is 337 Å². The standard InChI is InChI=1S/C53H56F2N2/c1-31-43(56-44-27-32(50(2,3)4)17-21-36(44)37-22-18-33(28-45(37)56)51(5,6)7)26-25-40(48-41(54)15-14-16-42(48)55)49(31)57-46-29-34(52(8,9)10)19-23-38(46)39-24-20-35(30-47(39)57)53(11,12)13/h14-30H,1-13H3. The maximum atomic E-state index is 16.2. The van der Waals surface area contributed by atoms with Crippen molar-refractivity contribution < 1.29 is 8.78 Å². The van der Waals surface area contributed by atoms with Crippen LogP contribution in [-0.4, -0.2) is 9.13 Å². The molecule has 2 nitrogen and oxygen atoms in total. The summed E-state index contributed by atoms with van der Waals surface area (Å²) in [5.74, 6) is -1.17. The quantitative estimate of drug-likeness (QED) is 0.170. The molecule has 0 aliphatic carbocycles. The number of nitrogens with zero attached hydrogens (tertiary/aromatic N) is 2. The highest BCUT2D eigenvalue weighted by Crippen LogP contribution is 2.45. The highest BCUT2D eigenvalue weighted by atomic mass is 19.1. The molecule has 292 valence electrons. The molecule has 0 aliphatic heterocycles. The van der Waals surface area contributed by atoms with E-state index in [9.17, 15) is 0 Å². The Bertz CT molecular complexity index is 2740. The van der Waals surface area contributed by atoms with Crippen LogP contribution in [0, 0.1) is 18.6 Å². The lowest BCUT2D eigenvalue weighted by atomic mass is 9.86. The molecule has 2 aromatic heterocycles. The molecule has 0 unspecified atom stereocenters. The second kappa shape index (κ2) is 12.9. The summed E-state index contributed by atoms with van der Waals surface area (Å²) in [6, 6.07) is 35.4. The van der Waals surface area contributed by atoms with Crippen molar-refractivity contribution in [1.29, 1.82) is 0 Å². The molecule has 0 radical (unpaired) electrons. The average Bonchev–Trinajstić information content (AvgIpc) is 3.61. The number of halogens is 2. The molecule has 0 N–H and O–H groups in total. The first-order valence-corrected chi connectivity index (χ1v) is 20.3. The van der Waals surface area contributed by atoms with E-state index in [-0.39, 0.29) is 27.2 Å². The Morgan fingerprint density at radius 3 is 1.07 bits per heavy atom. The topological polar surface area (TPSA) is 9.86 Å². The van der Waals surface area contributed by atoms with Gasteiger partial charge < -0.3 is 9.13 Å². The second-order valence-electron chi connectivity index (χ2n) is 20.3. The monoisotopic (exact) mass is 758 g/mol. The van der Waals surface area contributed by atoms with Crippen molar-refractivity contribution in [3.8, 4) is 22.5 Å². The van der Waals surface area contributed by atoms with Crippen LogP contribution in [0.2, 0.25) is 0 Å². The van der Waals surface area contributed by atoms with Gasteiger partial charge in [0.2, 0.25) is 0 Å². The molecule has 57 heavy (non-hydrogen) atoms. The summed E-state index contributed by atoms with van der Waals surface area (Å²) < 4.78 is 37.1. The molecule has 0 spiro atoms. The van der Waals surface area contributed by atoms with Gasteiger partial charge in [-0.1, -0.05) is 138 Å². The summed E-state index contributed by atoms with van der Waals surface area (Å²) in [4.78, 5) is 0. The van der Waals surface area contributed by atoms with Crippen LogP contribution in [-0.2, 0) is 21.7 Å². The van der Waals surface area contributed by atoms with Gasteiger partial charge in [-0.2, -0.15) is 0 Å². The summed E-state index contributed by atoms with van der Waals surface area (Å²) >= 11 is 0. The van der Waals surface area contributed by atoms with Crippen molar-refractivity contribution in [3.05, 3.63) is 143 Å². The molecule has 0 bridgehead atoms. The summed E-state index contributed by atoms with van der Waals surface area (Å²) in [6.07, 6.45) is 0. The molecule has 0 saturated heterocycles. The lowest BCUT2D eigenvalue weighted by molar-refractivity contribution is 0.589. The predicted octanol–water partition coefficient (Wildman–Crippen LogP) is 15.3. The minimum Gasteiger partial charge on any atom is -0.309 e. The van der Waals surface area contributed by atoms with Crippen molar-refractivity contribution in [1.82, 2.24) is 9.13 Å². The number of hydrogen-bond acceptors (Lipinski definition) is 0. The third kappa shape index (κ3) is 6.37. The van der Waals surface area contributed by atoms with Gasteiger partial charge in [0.15, 0.2) is 0 Å². The number of rotatable bonds is 3. The minimum absolute atomic E-state index is 0.0247. The molecular weight excluding hydrogens is 703 g/mol. The van der Waals surface area contributed by atoms with Crippen LogP contribution in [0.5, 0.6) is 0 Å². The Balaban J connectivity index is 1.60. The first-order valence-electron chi connectivity index (χ1n) is 20.3. The Morgan fingerprint density at radius 2 is 0.737 bits per heavy atom. The maximum Gasteiger partial charge on any atom is 0.134 e. The summed E-state index contributed by atoms with van der Waals surface area (Å²) in [7, 11) is 0. The number of fused-ring (bicyclic) bond motifs is 6. The van der Waals surface area contributed by atoms with Crippen LogP contribution in [0.1, 0.15) is 111 Å². The van der Waals surface area contributed by atoms with Crippen molar-refractivity contribution in [2.24, 2.45) is 0 Å². The number of aromatic nitrogens is 2. The minimum atomic E-state index is -0.587. The number of hydrogen-bond donors (Lipinski definition) is 0. The first-order chi connectivity index (χ1) is 26.6. The molecule has 0 saturated carbocycles. The van der Waals surface area contributed by atoms with E-state index in [4.69, 9.17) is 0 Å². The Morgan fingerprint density at radius 1 is 0.404 bits per heavy atom. The molecular formula is C53H56F2N2. The second-order valence-corrected chi connectivity index (χ2v) is 20.3. The summed E-state index contributed by atoms with van der Waals surface area (Å²) in [5.41, 5.74) is 11.8. The van der Waals surface area contributed by atoms with Crippen LogP contribution in [0.3, 0.4) is 0 Å². The van der Waals surface area contributed by atoms with Crippen LogP contribution in [0.4, 0.5) is 8.78 Å².